The van der Waals surface area contributed by atoms with Crippen molar-refractivity contribution in [2.45, 2.75) is 25.7 Å². The predicted octanol–water partition coefficient (Wildman–Crippen LogP) is 7.38. The summed E-state index contributed by atoms with van der Waals surface area (Å²) in [5.74, 6) is 0. The van der Waals surface area contributed by atoms with E-state index in [0.717, 1.165) is 37.1 Å². The molecule has 5 rings (SSSR count). The highest BCUT2D eigenvalue weighted by Gasteiger charge is 2.03. The largest absolute Gasteiger partial charge is 0.256 e. The first-order valence-electron chi connectivity index (χ1n) is 11.9. The summed E-state index contributed by atoms with van der Waals surface area (Å²) in [5, 5.41) is 0. The first kappa shape index (κ1) is 21.8. The van der Waals surface area contributed by atoms with E-state index in [1.54, 1.807) is 0 Å². The van der Waals surface area contributed by atoms with Gasteiger partial charge in [-0.05, 0) is 84.3 Å². The molecule has 0 aliphatic rings. The van der Waals surface area contributed by atoms with Crippen LogP contribution in [-0.4, -0.2) is 9.97 Å². The van der Waals surface area contributed by atoms with Gasteiger partial charge in [0.05, 0.1) is 11.4 Å². The zero-order valence-corrected chi connectivity index (χ0v) is 19.3. The Morgan fingerprint density at radius 2 is 0.824 bits per heavy atom. The molecule has 2 nitrogen and oxygen atoms in total. The maximum absolute atomic E-state index is 4.47. The summed E-state index contributed by atoms with van der Waals surface area (Å²) in [6, 6.07) is 38.7. The number of benzene rings is 3. The summed E-state index contributed by atoms with van der Waals surface area (Å²) in [5.41, 5.74) is 9.87. The summed E-state index contributed by atoms with van der Waals surface area (Å²) in [6.45, 7) is 0. The third-order valence-corrected chi connectivity index (χ3v) is 6.20. The van der Waals surface area contributed by atoms with E-state index in [-0.39, 0.29) is 0 Å². The van der Waals surface area contributed by atoms with E-state index in [1.807, 2.05) is 36.7 Å². The molecule has 0 saturated carbocycles. The monoisotopic (exact) mass is 440 g/mol. The van der Waals surface area contributed by atoms with Crippen LogP contribution in [-0.2, 0) is 25.7 Å². The Bertz CT molecular complexity index is 1220. The fourth-order valence-electron chi connectivity index (χ4n) is 4.29. The summed E-state index contributed by atoms with van der Waals surface area (Å²) < 4.78 is 0. The SMILES string of the molecule is c1ccc(-c2cccc(CCc3ccc(CCc4cccc(-c5ccccn5)c4)cc3)c2)nc1. The van der Waals surface area contributed by atoms with Crippen LogP contribution in [0.4, 0.5) is 0 Å². The Labute approximate surface area is 202 Å². The van der Waals surface area contributed by atoms with Crippen LogP contribution >= 0.6 is 0 Å². The standard InChI is InChI=1S/C32H28N2/c1-3-21-33-31(11-1)29-9-5-7-27(23-29)19-17-25-13-15-26(16-14-25)18-20-28-8-6-10-30(24-28)32-12-2-4-22-34-32/h1-16,21-24H,17-20H2. The second-order valence-electron chi connectivity index (χ2n) is 8.65. The maximum Gasteiger partial charge on any atom is 0.0702 e. The lowest BCUT2D eigenvalue weighted by Gasteiger charge is -2.08. The second-order valence-corrected chi connectivity index (χ2v) is 8.65. The maximum atomic E-state index is 4.47. The average molecular weight is 441 g/mol. The molecule has 0 aliphatic carbocycles. The molecule has 0 radical (unpaired) electrons. The van der Waals surface area contributed by atoms with Gasteiger partial charge in [-0.25, -0.2) is 0 Å². The van der Waals surface area contributed by atoms with Crippen molar-refractivity contribution < 1.29 is 0 Å². The van der Waals surface area contributed by atoms with Crippen molar-refractivity contribution in [1.29, 1.82) is 0 Å². The minimum Gasteiger partial charge on any atom is -0.256 e. The van der Waals surface area contributed by atoms with Crippen molar-refractivity contribution in [2.24, 2.45) is 0 Å². The van der Waals surface area contributed by atoms with Crippen molar-refractivity contribution in [1.82, 2.24) is 9.97 Å². The van der Waals surface area contributed by atoms with E-state index in [4.69, 9.17) is 0 Å². The molecule has 0 bridgehead atoms. The fraction of sp³-hybridized carbons (Fsp3) is 0.125. The van der Waals surface area contributed by atoms with Crippen molar-refractivity contribution in [2.75, 3.05) is 0 Å². The average Bonchev–Trinajstić information content (AvgIpc) is 2.93. The topological polar surface area (TPSA) is 25.8 Å². The van der Waals surface area contributed by atoms with Crippen LogP contribution in [0.15, 0.2) is 122 Å². The zero-order chi connectivity index (χ0) is 23.0. The van der Waals surface area contributed by atoms with Crippen LogP contribution in [0, 0.1) is 0 Å². The Morgan fingerprint density at radius 1 is 0.382 bits per heavy atom. The summed E-state index contributed by atoms with van der Waals surface area (Å²) >= 11 is 0. The van der Waals surface area contributed by atoms with Crippen LogP contribution in [0.5, 0.6) is 0 Å². The molecule has 0 spiro atoms. The van der Waals surface area contributed by atoms with Gasteiger partial charge in [0.2, 0.25) is 0 Å². The van der Waals surface area contributed by atoms with Crippen LogP contribution in [0.1, 0.15) is 22.3 Å². The molecule has 2 heterocycles. The molecule has 0 saturated heterocycles. The first-order valence-corrected chi connectivity index (χ1v) is 11.9. The number of pyridine rings is 2. The number of rotatable bonds is 8. The van der Waals surface area contributed by atoms with Gasteiger partial charge in [-0.3, -0.25) is 9.97 Å². The Balaban J connectivity index is 1.17. The van der Waals surface area contributed by atoms with Crippen LogP contribution < -0.4 is 0 Å². The molecule has 0 aliphatic heterocycles. The van der Waals surface area contributed by atoms with Crippen molar-refractivity contribution >= 4 is 0 Å². The van der Waals surface area contributed by atoms with Gasteiger partial charge in [0.25, 0.3) is 0 Å². The van der Waals surface area contributed by atoms with Gasteiger partial charge in [-0.2, -0.15) is 0 Å². The molecule has 0 N–H and O–H groups in total. The van der Waals surface area contributed by atoms with Gasteiger partial charge in [-0.15, -0.1) is 0 Å². The van der Waals surface area contributed by atoms with Gasteiger partial charge in [0.1, 0.15) is 0 Å². The van der Waals surface area contributed by atoms with Gasteiger partial charge in [0.15, 0.2) is 0 Å². The zero-order valence-electron chi connectivity index (χ0n) is 19.3. The van der Waals surface area contributed by atoms with Crippen LogP contribution in [0.2, 0.25) is 0 Å². The van der Waals surface area contributed by atoms with Crippen LogP contribution in [0.25, 0.3) is 22.5 Å². The second kappa shape index (κ2) is 10.7. The predicted molar refractivity (Wildman–Crippen MR) is 141 cm³/mol. The third kappa shape index (κ3) is 5.65. The molecule has 2 aromatic heterocycles. The van der Waals surface area contributed by atoms with Crippen molar-refractivity contribution in [3.05, 3.63) is 144 Å². The molecule has 0 fully saturated rings. The lowest BCUT2D eigenvalue weighted by molar-refractivity contribution is 0.940. The van der Waals surface area contributed by atoms with E-state index in [2.05, 4.69) is 94.9 Å². The van der Waals surface area contributed by atoms with Crippen molar-refractivity contribution in [3.8, 4) is 22.5 Å². The highest BCUT2D eigenvalue weighted by atomic mass is 14.7. The first-order chi connectivity index (χ1) is 16.8. The Morgan fingerprint density at radius 3 is 1.24 bits per heavy atom. The highest BCUT2D eigenvalue weighted by molar-refractivity contribution is 5.60. The van der Waals surface area contributed by atoms with E-state index >= 15 is 0 Å². The lowest BCUT2D eigenvalue weighted by Crippen LogP contribution is -1.95. The minimum atomic E-state index is 1.03. The van der Waals surface area contributed by atoms with Gasteiger partial charge >= 0.3 is 0 Å². The number of aromatic nitrogens is 2. The van der Waals surface area contributed by atoms with Crippen LogP contribution in [0.3, 0.4) is 0 Å². The number of aryl methyl sites for hydroxylation is 4. The molecule has 5 aromatic rings. The van der Waals surface area contributed by atoms with E-state index < -0.39 is 0 Å². The number of hydrogen-bond acceptors (Lipinski definition) is 2. The molecule has 2 heteroatoms. The molecular weight excluding hydrogens is 412 g/mol. The molecular formula is C32H28N2. The third-order valence-electron chi connectivity index (χ3n) is 6.20. The Kier molecular flexibility index (Phi) is 6.87. The summed E-state index contributed by atoms with van der Waals surface area (Å²) in [4.78, 5) is 8.95. The summed E-state index contributed by atoms with van der Waals surface area (Å²) in [7, 11) is 0. The number of nitrogens with zero attached hydrogens (tertiary/aromatic N) is 2. The van der Waals surface area contributed by atoms with Crippen molar-refractivity contribution in [3.63, 3.8) is 0 Å². The molecule has 0 unspecified atom stereocenters. The normalized spacial score (nSPS) is 10.8. The fourth-order valence-corrected chi connectivity index (χ4v) is 4.29. The van der Waals surface area contributed by atoms with E-state index in [0.29, 0.717) is 0 Å². The van der Waals surface area contributed by atoms with Gasteiger partial charge in [0, 0.05) is 23.5 Å². The lowest BCUT2D eigenvalue weighted by atomic mass is 9.98. The molecule has 34 heavy (non-hydrogen) atoms. The molecule has 3 aromatic carbocycles. The summed E-state index contributed by atoms with van der Waals surface area (Å²) in [6.07, 6.45) is 7.83. The molecule has 0 atom stereocenters. The van der Waals surface area contributed by atoms with E-state index in [1.165, 1.54) is 33.4 Å². The van der Waals surface area contributed by atoms with E-state index in [9.17, 15) is 0 Å². The Hall–Kier alpha value is -4.04. The van der Waals surface area contributed by atoms with Gasteiger partial charge in [-0.1, -0.05) is 72.8 Å². The number of hydrogen-bond donors (Lipinski definition) is 0. The van der Waals surface area contributed by atoms with Gasteiger partial charge < -0.3 is 0 Å². The minimum absolute atomic E-state index is 1.03. The smallest absolute Gasteiger partial charge is 0.0702 e. The molecule has 0 amide bonds. The molecule has 166 valence electrons. The highest BCUT2D eigenvalue weighted by Crippen LogP contribution is 2.20. The quantitative estimate of drug-likeness (QED) is 0.251.